The van der Waals surface area contributed by atoms with Crippen LogP contribution >= 0.6 is 35.4 Å². The molecule has 1 heterocycles. The molecule has 0 unspecified atom stereocenters. The Labute approximate surface area is 138 Å². The highest BCUT2D eigenvalue weighted by atomic mass is 35.5. The fourth-order valence-corrected chi connectivity index (χ4v) is 2.28. The van der Waals surface area contributed by atoms with Crippen LogP contribution in [0, 0.1) is 0 Å². The summed E-state index contributed by atoms with van der Waals surface area (Å²) >= 11 is 16.8. The lowest BCUT2D eigenvalue weighted by molar-refractivity contribution is 0.777. The van der Waals surface area contributed by atoms with Gasteiger partial charge >= 0.3 is 0 Å². The Balaban J connectivity index is 1.72. The lowest BCUT2D eigenvalue weighted by Crippen LogP contribution is -2.30. The highest BCUT2D eigenvalue weighted by Gasteiger charge is 2.06. The molecule has 2 rings (SSSR count). The van der Waals surface area contributed by atoms with Crippen molar-refractivity contribution >= 4 is 46.4 Å². The fourth-order valence-electron chi connectivity index (χ4n) is 1.72. The number of hydrogen-bond acceptors (Lipinski definition) is 3. The van der Waals surface area contributed by atoms with Crippen LogP contribution < -0.4 is 10.6 Å². The van der Waals surface area contributed by atoms with E-state index in [1.54, 1.807) is 0 Å². The number of aromatic nitrogens is 2. The normalized spacial score (nSPS) is 10.2. The van der Waals surface area contributed by atoms with Gasteiger partial charge in [0.1, 0.15) is 5.15 Å². The Morgan fingerprint density at radius 2 is 1.95 bits per heavy atom. The second-order valence-corrected chi connectivity index (χ2v) is 5.46. The van der Waals surface area contributed by atoms with Crippen molar-refractivity contribution in [1.82, 2.24) is 15.3 Å². The molecule has 0 saturated carbocycles. The summed E-state index contributed by atoms with van der Waals surface area (Å²) in [4.78, 5) is 7.91. The Kier molecular flexibility index (Phi) is 6.17. The van der Waals surface area contributed by atoms with Crippen molar-refractivity contribution in [3.05, 3.63) is 52.4 Å². The molecular weight excluding hydrogens is 327 g/mol. The minimum absolute atomic E-state index is 0.191. The summed E-state index contributed by atoms with van der Waals surface area (Å²) in [5.74, 6) is 0.390. The summed E-state index contributed by atoms with van der Waals surface area (Å²) in [6.07, 6.45) is 3.39. The van der Waals surface area contributed by atoms with Crippen LogP contribution in [0.15, 0.2) is 36.5 Å². The van der Waals surface area contributed by atoms with Crippen molar-refractivity contribution in [2.75, 3.05) is 11.9 Å². The summed E-state index contributed by atoms with van der Waals surface area (Å²) in [5.41, 5.74) is 1.31. The molecule has 21 heavy (non-hydrogen) atoms. The van der Waals surface area contributed by atoms with Gasteiger partial charge in [0.15, 0.2) is 16.1 Å². The van der Waals surface area contributed by atoms with Gasteiger partial charge < -0.3 is 10.6 Å². The van der Waals surface area contributed by atoms with E-state index in [0.717, 1.165) is 19.4 Å². The van der Waals surface area contributed by atoms with Gasteiger partial charge in [0.25, 0.3) is 0 Å². The summed E-state index contributed by atoms with van der Waals surface area (Å²) in [7, 11) is 0. The van der Waals surface area contributed by atoms with Crippen LogP contribution in [0.4, 0.5) is 5.82 Å². The molecule has 0 atom stereocenters. The average molecular weight is 341 g/mol. The first-order valence-corrected chi connectivity index (χ1v) is 7.58. The second-order valence-electron chi connectivity index (χ2n) is 4.30. The van der Waals surface area contributed by atoms with E-state index in [0.29, 0.717) is 10.9 Å². The molecule has 2 N–H and O–H groups in total. The molecule has 110 valence electrons. The zero-order chi connectivity index (χ0) is 15.1. The summed E-state index contributed by atoms with van der Waals surface area (Å²) in [5, 5.41) is 6.89. The molecule has 1 aromatic heterocycles. The smallest absolute Gasteiger partial charge is 0.173 e. The maximum Gasteiger partial charge on any atom is 0.173 e. The quantitative estimate of drug-likeness (QED) is 0.641. The number of rotatable bonds is 5. The third kappa shape index (κ3) is 5.46. The van der Waals surface area contributed by atoms with Crippen molar-refractivity contribution < 1.29 is 0 Å². The molecule has 0 spiro atoms. The highest BCUT2D eigenvalue weighted by Crippen LogP contribution is 2.17. The van der Waals surface area contributed by atoms with E-state index >= 15 is 0 Å². The number of halogens is 2. The maximum absolute atomic E-state index is 5.91. The Hall–Kier alpha value is -1.43. The SMILES string of the molecule is S=C(NCCCc1ccccc1)Nc1ncc(Cl)nc1Cl. The largest absolute Gasteiger partial charge is 0.362 e. The first kappa shape index (κ1) is 15.9. The van der Waals surface area contributed by atoms with Gasteiger partial charge in [0.05, 0.1) is 6.20 Å². The zero-order valence-corrected chi connectivity index (χ0v) is 13.5. The average Bonchev–Trinajstić information content (AvgIpc) is 2.48. The van der Waals surface area contributed by atoms with Crippen LogP contribution in [0.2, 0.25) is 10.3 Å². The topological polar surface area (TPSA) is 49.8 Å². The highest BCUT2D eigenvalue weighted by molar-refractivity contribution is 7.80. The van der Waals surface area contributed by atoms with Crippen molar-refractivity contribution in [3.8, 4) is 0 Å². The summed E-state index contributed by atoms with van der Waals surface area (Å²) in [6.45, 7) is 0.763. The van der Waals surface area contributed by atoms with Crippen molar-refractivity contribution in [1.29, 1.82) is 0 Å². The number of nitrogens with zero attached hydrogens (tertiary/aromatic N) is 2. The molecule has 0 amide bonds. The molecular formula is C14H14Cl2N4S. The van der Waals surface area contributed by atoms with Crippen LogP contribution in [0.1, 0.15) is 12.0 Å². The van der Waals surface area contributed by atoms with Gasteiger partial charge in [-0.15, -0.1) is 0 Å². The third-order valence-corrected chi connectivity index (χ3v) is 3.40. The van der Waals surface area contributed by atoms with Gasteiger partial charge in [0, 0.05) is 6.54 Å². The molecule has 0 fully saturated rings. The van der Waals surface area contributed by atoms with Gasteiger partial charge in [0.2, 0.25) is 0 Å². The number of nitrogens with one attached hydrogen (secondary N) is 2. The van der Waals surface area contributed by atoms with E-state index < -0.39 is 0 Å². The standard InChI is InChI=1S/C14H14Cl2N4S/c15-11-9-18-13(12(16)19-11)20-14(21)17-8-4-7-10-5-2-1-3-6-10/h1-3,5-6,9H,4,7-8H2,(H2,17,18,20,21). The van der Waals surface area contributed by atoms with E-state index in [2.05, 4.69) is 32.7 Å². The van der Waals surface area contributed by atoms with Gasteiger partial charge in [-0.05, 0) is 30.6 Å². The van der Waals surface area contributed by atoms with Crippen molar-refractivity contribution in [2.24, 2.45) is 0 Å². The first-order chi connectivity index (χ1) is 10.1. The molecule has 0 radical (unpaired) electrons. The molecule has 0 aliphatic rings. The molecule has 0 bridgehead atoms. The van der Waals surface area contributed by atoms with Gasteiger partial charge in [-0.25, -0.2) is 9.97 Å². The number of anilines is 1. The zero-order valence-electron chi connectivity index (χ0n) is 11.1. The Morgan fingerprint density at radius 3 is 2.67 bits per heavy atom. The molecule has 0 aliphatic carbocycles. The predicted octanol–water partition coefficient (Wildman–Crippen LogP) is 3.70. The van der Waals surface area contributed by atoms with E-state index in [4.69, 9.17) is 35.4 Å². The molecule has 4 nitrogen and oxygen atoms in total. The van der Waals surface area contributed by atoms with Crippen LogP contribution in [-0.4, -0.2) is 21.6 Å². The second kappa shape index (κ2) is 8.12. The first-order valence-electron chi connectivity index (χ1n) is 6.42. The lowest BCUT2D eigenvalue weighted by Gasteiger charge is -2.10. The predicted molar refractivity (Wildman–Crippen MR) is 91.0 cm³/mol. The Bertz CT molecular complexity index is 607. The van der Waals surface area contributed by atoms with Gasteiger partial charge in [-0.3, -0.25) is 0 Å². The van der Waals surface area contributed by atoms with Crippen LogP contribution in [0.5, 0.6) is 0 Å². The van der Waals surface area contributed by atoms with E-state index in [9.17, 15) is 0 Å². The third-order valence-electron chi connectivity index (χ3n) is 2.70. The van der Waals surface area contributed by atoms with Crippen LogP contribution in [-0.2, 0) is 6.42 Å². The van der Waals surface area contributed by atoms with E-state index in [1.807, 2.05) is 18.2 Å². The molecule has 2 aromatic rings. The fraction of sp³-hybridized carbons (Fsp3) is 0.214. The summed E-state index contributed by atoms with van der Waals surface area (Å²) < 4.78 is 0. The molecule has 0 aliphatic heterocycles. The summed E-state index contributed by atoms with van der Waals surface area (Å²) in [6, 6.07) is 10.3. The number of aryl methyl sites for hydroxylation is 1. The Morgan fingerprint density at radius 1 is 1.19 bits per heavy atom. The van der Waals surface area contributed by atoms with Crippen LogP contribution in [0.3, 0.4) is 0 Å². The number of thiocarbonyl (C=S) groups is 1. The maximum atomic E-state index is 5.91. The van der Waals surface area contributed by atoms with Crippen molar-refractivity contribution in [3.63, 3.8) is 0 Å². The van der Waals surface area contributed by atoms with Gasteiger partial charge in [-0.1, -0.05) is 53.5 Å². The number of hydrogen-bond donors (Lipinski definition) is 2. The van der Waals surface area contributed by atoms with Gasteiger partial charge in [-0.2, -0.15) is 0 Å². The van der Waals surface area contributed by atoms with Crippen LogP contribution in [0.25, 0.3) is 0 Å². The monoisotopic (exact) mass is 340 g/mol. The minimum Gasteiger partial charge on any atom is -0.362 e. The van der Waals surface area contributed by atoms with E-state index in [1.165, 1.54) is 11.8 Å². The lowest BCUT2D eigenvalue weighted by atomic mass is 10.1. The molecule has 0 saturated heterocycles. The minimum atomic E-state index is 0.191. The van der Waals surface area contributed by atoms with E-state index in [-0.39, 0.29) is 10.3 Å². The molecule has 1 aromatic carbocycles. The molecule has 7 heteroatoms. The van der Waals surface area contributed by atoms with Crippen molar-refractivity contribution in [2.45, 2.75) is 12.8 Å². The number of benzene rings is 1.